The van der Waals surface area contributed by atoms with Gasteiger partial charge in [-0.2, -0.15) is 0 Å². The lowest BCUT2D eigenvalue weighted by Crippen LogP contribution is -2.02. The van der Waals surface area contributed by atoms with Crippen molar-refractivity contribution < 1.29 is 4.92 Å². The summed E-state index contributed by atoms with van der Waals surface area (Å²) in [6.45, 7) is 0. The largest absolute Gasteiger partial charge is 0.378 e. The maximum Gasteiger partial charge on any atom is 0.337 e. The lowest BCUT2D eigenvalue weighted by Gasteiger charge is -2.03. The Bertz CT molecular complexity index is 571. The Hall–Kier alpha value is -2.02. The Morgan fingerprint density at radius 2 is 1.88 bits per heavy atom. The minimum absolute atomic E-state index is 0.136. The topological polar surface area (TPSA) is 94.9 Å². The van der Waals surface area contributed by atoms with E-state index in [0.29, 0.717) is 5.56 Å². The normalized spacial score (nSPS) is 10.2. The molecule has 0 saturated carbocycles. The van der Waals surface area contributed by atoms with Crippen LogP contribution in [-0.2, 0) is 0 Å². The highest BCUT2D eigenvalue weighted by atomic mass is 79.9. The smallest absolute Gasteiger partial charge is 0.337 e. The van der Waals surface area contributed by atoms with Crippen molar-refractivity contribution in [2.45, 2.75) is 0 Å². The molecule has 0 fully saturated rings. The summed E-state index contributed by atoms with van der Waals surface area (Å²) < 4.78 is 0.880. The fourth-order valence-corrected chi connectivity index (χ4v) is 1.66. The Labute approximate surface area is 105 Å². The van der Waals surface area contributed by atoms with Gasteiger partial charge in [-0.25, -0.2) is 9.97 Å². The average Bonchev–Trinajstić information content (AvgIpc) is 2.29. The summed E-state index contributed by atoms with van der Waals surface area (Å²) >= 11 is 3.29. The number of anilines is 1. The summed E-state index contributed by atoms with van der Waals surface area (Å²) in [5.41, 5.74) is 6.06. The van der Waals surface area contributed by atoms with Crippen LogP contribution in [-0.4, -0.2) is 14.9 Å². The van der Waals surface area contributed by atoms with Crippen molar-refractivity contribution >= 4 is 27.4 Å². The van der Waals surface area contributed by atoms with Gasteiger partial charge < -0.3 is 5.73 Å². The van der Waals surface area contributed by atoms with Crippen molar-refractivity contribution in [3.05, 3.63) is 45.2 Å². The summed E-state index contributed by atoms with van der Waals surface area (Å²) in [6, 6.07) is 6.99. The molecule has 0 radical (unpaired) electrons. The van der Waals surface area contributed by atoms with Crippen LogP contribution in [0.15, 0.2) is 35.1 Å². The quantitative estimate of drug-likeness (QED) is 0.678. The van der Waals surface area contributed by atoms with E-state index in [4.69, 9.17) is 5.73 Å². The highest BCUT2D eigenvalue weighted by Crippen LogP contribution is 2.31. The molecule has 0 bridgehead atoms. The number of nitrogens with zero attached hydrogens (tertiary/aromatic N) is 3. The fraction of sp³-hybridized carbons (Fsp3) is 0. The molecule has 0 unspecified atom stereocenters. The molecule has 0 spiro atoms. The zero-order valence-corrected chi connectivity index (χ0v) is 10.1. The van der Waals surface area contributed by atoms with Gasteiger partial charge in [0.2, 0.25) is 5.82 Å². The van der Waals surface area contributed by atoms with Gasteiger partial charge in [-0.1, -0.05) is 28.1 Å². The van der Waals surface area contributed by atoms with Crippen LogP contribution in [0.5, 0.6) is 0 Å². The minimum Gasteiger partial charge on any atom is -0.378 e. The third kappa shape index (κ3) is 2.23. The summed E-state index contributed by atoms with van der Waals surface area (Å²) in [5, 5.41) is 10.9. The Balaban J connectivity index is 2.63. The molecule has 1 heterocycles. The number of hydrogen-bond acceptors (Lipinski definition) is 5. The van der Waals surface area contributed by atoms with Crippen LogP contribution in [0.3, 0.4) is 0 Å². The van der Waals surface area contributed by atoms with E-state index in [-0.39, 0.29) is 17.2 Å². The van der Waals surface area contributed by atoms with Gasteiger partial charge in [0, 0.05) is 10.0 Å². The van der Waals surface area contributed by atoms with E-state index in [2.05, 4.69) is 25.9 Å². The molecule has 0 atom stereocenters. The molecule has 2 aromatic rings. The molecule has 6 nitrogen and oxygen atoms in total. The summed E-state index contributed by atoms with van der Waals surface area (Å²) in [6.07, 6.45) is 1.21. The van der Waals surface area contributed by atoms with Crippen LogP contribution in [0.25, 0.3) is 11.3 Å². The van der Waals surface area contributed by atoms with Gasteiger partial charge in [0.15, 0.2) is 5.69 Å². The monoisotopic (exact) mass is 294 g/mol. The number of benzene rings is 1. The zero-order chi connectivity index (χ0) is 12.4. The molecular weight excluding hydrogens is 288 g/mol. The highest BCUT2D eigenvalue weighted by Gasteiger charge is 2.21. The van der Waals surface area contributed by atoms with Crippen molar-refractivity contribution in [3.8, 4) is 11.3 Å². The van der Waals surface area contributed by atoms with Crippen molar-refractivity contribution in [2.24, 2.45) is 0 Å². The van der Waals surface area contributed by atoms with Gasteiger partial charge in [-0.15, -0.1) is 0 Å². The first-order valence-electron chi connectivity index (χ1n) is 4.60. The molecule has 1 aromatic carbocycles. The third-order valence-electron chi connectivity index (χ3n) is 2.15. The van der Waals surface area contributed by atoms with Gasteiger partial charge in [-0.3, -0.25) is 10.1 Å². The Morgan fingerprint density at radius 3 is 2.47 bits per heavy atom. The maximum absolute atomic E-state index is 10.9. The molecule has 0 saturated heterocycles. The van der Waals surface area contributed by atoms with Crippen LogP contribution in [0.2, 0.25) is 0 Å². The Morgan fingerprint density at radius 1 is 1.24 bits per heavy atom. The molecule has 0 aliphatic carbocycles. The zero-order valence-electron chi connectivity index (χ0n) is 8.50. The van der Waals surface area contributed by atoms with Crippen molar-refractivity contribution in [1.29, 1.82) is 0 Å². The van der Waals surface area contributed by atoms with E-state index in [9.17, 15) is 10.1 Å². The molecule has 2 N–H and O–H groups in total. The molecule has 0 aliphatic rings. The first-order chi connectivity index (χ1) is 8.09. The average molecular weight is 295 g/mol. The van der Waals surface area contributed by atoms with Gasteiger partial charge >= 0.3 is 5.69 Å². The molecule has 17 heavy (non-hydrogen) atoms. The van der Waals surface area contributed by atoms with Crippen LogP contribution in [0, 0.1) is 10.1 Å². The second kappa shape index (κ2) is 4.46. The lowest BCUT2D eigenvalue weighted by atomic mass is 10.1. The van der Waals surface area contributed by atoms with E-state index in [1.165, 1.54) is 6.33 Å². The Kier molecular flexibility index (Phi) is 3.01. The molecule has 86 valence electrons. The maximum atomic E-state index is 10.9. The van der Waals surface area contributed by atoms with Gasteiger partial charge in [-0.05, 0) is 12.1 Å². The molecule has 2 rings (SSSR count). The second-order valence-electron chi connectivity index (χ2n) is 3.22. The summed E-state index contributed by atoms with van der Waals surface area (Å²) in [5.74, 6) is -0.136. The summed E-state index contributed by atoms with van der Waals surface area (Å²) in [4.78, 5) is 17.9. The first-order valence-corrected chi connectivity index (χ1v) is 5.39. The van der Waals surface area contributed by atoms with Gasteiger partial charge in [0.05, 0.1) is 4.92 Å². The molecule has 1 aromatic heterocycles. The van der Waals surface area contributed by atoms with E-state index < -0.39 is 4.92 Å². The van der Waals surface area contributed by atoms with Crippen molar-refractivity contribution in [3.63, 3.8) is 0 Å². The molecule has 7 heteroatoms. The lowest BCUT2D eigenvalue weighted by molar-refractivity contribution is -0.383. The van der Waals surface area contributed by atoms with Gasteiger partial charge in [0.25, 0.3) is 0 Å². The van der Waals surface area contributed by atoms with Crippen molar-refractivity contribution in [2.75, 3.05) is 5.73 Å². The highest BCUT2D eigenvalue weighted by molar-refractivity contribution is 9.10. The predicted octanol–water partition coefficient (Wildman–Crippen LogP) is 2.40. The van der Waals surface area contributed by atoms with Crippen LogP contribution in [0.1, 0.15) is 0 Å². The number of aromatic nitrogens is 2. The van der Waals surface area contributed by atoms with Crippen LogP contribution in [0.4, 0.5) is 11.5 Å². The van der Waals surface area contributed by atoms with Crippen LogP contribution >= 0.6 is 15.9 Å². The standard InChI is InChI=1S/C10H7BrN4O2/c11-7-3-1-6(2-4-7)8-9(15(16)17)10(12)14-5-13-8/h1-5H,(H2,12,13,14). The number of nitrogen functional groups attached to an aromatic ring is 1. The van der Waals surface area contributed by atoms with Crippen molar-refractivity contribution in [1.82, 2.24) is 9.97 Å². The number of halogens is 1. The van der Waals surface area contributed by atoms with E-state index >= 15 is 0 Å². The number of rotatable bonds is 2. The predicted molar refractivity (Wildman–Crippen MR) is 66.2 cm³/mol. The van der Waals surface area contributed by atoms with Gasteiger partial charge in [0.1, 0.15) is 6.33 Å². The first kappa shape index (κ1) is 11.5. The number of hydrogen-bond donors (Lipinski definition) is 1. The van der Waals surface area contributed by atoms with Crippen LogP contribution < -0.4 is 5.73 Å². The fourth-order valence-electron chi connectivity index (χ4n) is 1.39. The second-order valence-corrected chi connectivity index (χ2v) is 4.14. The summed E-state index contributed by atoms with van der Waals surface area (Å²) in [7, 11) is 0. The molecule has 0 amide bonds. The number of nitrogens with two attached hydrogens (primary N) is 1. The SMILES string of the molecule is Nc1ncnc(-c2ccc(Br)cc2)c1[N+](=O)[O-]. The van der Waals surface area contributed by atoms with E-state index in [1.54, 1.807) is 24.3 Å². The minimum atomic E-state index is -0.577. The molecule has 0 aliphatic heterocycles. The third-order valence-corrected chi connectivity index (χ3v) is 2.68. The molecular formula is C10H7BrN4O2. The number of nitro groups is 1. The van der Waals surface area contributed by atoms with E-state index in [0.717, 1.165) is 4.47 Å². The van der Waals surface area contributed by atoms with E-state index in [1.807, 2.05) is 0 Å².